The standard InChI is InChI=1S/C24H22FN7O/c1-14-9-21(18-4-3-16(25)10-20(18)28-14)32-15(2)29-23-19(24-26-13-27-30-24)11-17(12-22(23)32)31-5-7-33-8-6-31/h3-4,9-13H,5-8H2,1-2H3,(H,26,27,30). The van der Waals surface area contributed by atoms with E-state index in [2.05, 4.69) is 41.8 Å². The lowest BCUT2D eigenvalue weighted by Crippen LogP contribution is -2.36. The van der Waals surface area contributed by atoms with Gasteiger partial charge in [0.05, 0.1) is 29.9 Å². The van der Waals surface area contributed by atoms with Crippen molar-refractivity contribution in [3.8, 4) is 17.1 Å². The molecule has 1 saturated heterocycles. The number of anilines is 1. The van der Waals surface area contributed by atoms with Crippen LogP contribution in [0.3, 0.4) is 0 Å². The average Bonchev–Trinajstić information content (AvgIpc) is 3.45. The molecule has 6 rings (SSSR count). The highest BCUT2D eigenvalue weighted by Crippen LogP contribution is 2.35. The zero-order valence-electron chi connectivity index (χ0n) is 18.3. The Kier molecular flexibility index (Phi) is 4.58. The number of aromatic amines is 1. The van der Waals surface area contributed by atoms with Gasteiger partial charge in [0.2, 0.25) is 0 Å². The number of rotatable bonds is 3. The molecule has 3 aromatic heterocycles. The van der Waals surface area contributed by atoms with E-state index >= 15 is 0 Å². The number of nitrogens with zero attached hydrogens (tertiary/aromatic N) is 6. The van der Waals surface area contributed by atoms with Crippen molar-refractivity contribution in [3.05, 3.63) is 60.1 Å². The van der Waals surface area contributed by atoms with Crippen LogP contribution in [0.15, 0.2) is 42.7 Å². The summed E-state index contributed by atoms with van der Waals surface area (Å²) < 4.78 is 21.6. The predicted octanol–water partition coefficient (Wildman–Crippen LogP) is 3.95. The highest BCUT2D eigenvalue weighted by Gasteiger charge is 2.21. The van der Waals surface area contributed by atoms with Gasteiger partial charge in [-0.1, -0.05) is 0 Å². The minimum absolute atomic E-state index is 0.305. The molecule has 166 valence electrons. The van der Waals surface area contributed by atoms with Crippen LogP contribution in [0.5, 0.6) is 0 Å². The number of benzene rings is 2. The number of hydrogen-bond acceptors (Lipinski definition) is 6. The summed E-state index contributed by atoms with van der Waals surface area (Å²) in [6.45, 7) is 6.89. The Morgan fingerprint density at radius 3 is 2.67 bits per heavy atom. The molecule has 9 heteroatoms. The minimum Gasteiger partial charge on any atom is -0.378 e. The number of fused-ring (bicyclic) bond motifs is 2. The normalized spacial score (nSPS) is 14.5. The molecule has 0 aliphatic carbocycles. The van der Waals surface area contributed by atoms with E-state index in [1.807, 2.05) is 19.9 Å². The van der Waals surface area contributed by atoms with Crippen LogP contribution in [0.4, 0.5) is 10.1 Å². The first kappa shape index (κ1) is 19.8. The zero-order valence-corrected chi connectivity index (χ0v) is 18.3. The maximum Gasteiger partial charge on any atom is 0.163 e. The smallest absolute Gasteiger partial charge is 0.163 e. The van der Waals surface area contributed by atoms with Gasteiger partial charge >= 0.3 is 0 Å². The van der Waals surface area contributed by atoms with Crippen molar-refractivity contribution in [1.29, 1.82) is 0 Å². The Morgan fingerprint density at radius 2 is 1.88 bits per heavy atom. The fraction of sp³-hybridized carbons (Fsp3) is 0.250. The second-order valence-corrected chi connectivity index (χ2v) is 8.24. The Balaban J connectivity index is 1.66. The monoisotopic (exact) mass is 443 g/mol. The number of imidazole rings is 1. The SMILES string of the molecule is Cc1cc(-n2c(C)nc3c(-c4nnc[nH]4)cc(N4CCOCC4)cc32)c2ccc(F)cc2n1. The maximum absolute atomic E-state index is 14.0. The van der Waals surface area contributed by atoms with Crippen LogP contribution < -0.4 is 4.90 Å². The molecule has 1 aliphatic heterocycles. The van der Waals surface area contributed by atoms with E-state index < -0.39 is 0 Å². The van der Waals surface area contributed by atoms with Gasteiger partial charge in [-0.2, -0.15) is 0 Å². The Bertz CT molecular complexity index is 1480. The number of nitrogens with one attached hydrogen (secondary N) is 1. The maximum atomic E-state index is 14.0. The van der Waals surface area contributed by atoms with Gasteiger partial charge in [-0.15, -0.1) is 10.2 Å². The second kappa shape index (κ2) is 7.63. The largest absolute Gasteiger partial charge is 0.378 e. The van der Waals surface area contributed by atoms with Crippen LogP contribution >= 0.6 is 0 Å². The molecule has 0 atom stereocenters. The van der Waals surface area contributed by atoms with E-state index in [1.165, 1.54) is 12.1 Å². The number of halogens is 1. The van der Waals surface area contributed by atoms with E-state index in [9.17, 15) is 4.39 Å². The molecule has 33 heavy (non-hydrogen) atoms. The topological polar surface area (TPSA) is 84.8 Å². The Morgan fingerprint density at radius 1 is 1.03 bits per heavy atom. The molecule has 0 radical (unpaired) electrons. The zero-order chi connectivity index (χ0) is 22.5. The second-order valence-electron chi connectivity index (χ2n) is 8.24. The van der Waals surface area contributed by atoms with Crippen LogP contribution in [0.25, 0.3) is 39.0 Å². The van der Waals surface area contributed by atoms with Crippen molar-refractivity contribution in [2.75, 3.05) is 31.2 Å². The molecule has 0 bridgehead atoms. The highest BCUT2D eigenvalue weighted by molar-refractivity contribution is 5.97. The number of morpholine rings is 1. The van der Waals surface area contributed by atoms with Crippen molar-refractivity contribution in [2.24, 2.45) is 0 Å². The molecule has 0 amide bonds. The first-order chi connectivity index (χ1) is 16.1. The summed E-state index contributed by atoms with van der Waals surface area (Å²) >= 11 is 0. The quantitative estimate of drug-likeness (QED) is 0.455. The molecule has 8 nitrogen and oxygen atoms in total. The molecule has 1 fully saturated rings. The van der Waals surface area contributed by atoms with Crippen LogP contribution in [-0.2, 0) is 4.74 Å². The van der Waals surface area contributed by atoms with Gasteiger partial charge in [0.1, 0.15) is 23.5 Å². The van der Waals surface area contributed by atoms with E-state index in [-0.39, 0.29) is 5.82 Å². The fourth-order valence-electron chi connectivity index (χ4n) is 4.60. The van der Waals surface area contributed by atoms with Gasteiger partial charge in [-0.05, 0) is 44.2 Å². The molecule has 0 spiro atoms. The molecule has 1 N–H and O–H groups in total. The molecule has 2 aromatic carbocycles. The summed E-state index contributed by atoms with van der Waals surface area (Å²) in [5.41, 5.74) is 6.06. The molecule has 5 aromatic rings. The highest BCUT2D eigenvalue weighted by atomic mass is 19.1. The minimum atomic E-state index is -0.305. The van der Waals surface area contributed by atoms with Gasteiger partial charge in [0.25, 0.3) is 0 Å². The summed E-state index contributed by atoms with van der Waals surface area (Å²) in [4.78, 5) is 14.9. The van der Waals surface area contributed by atoms with Crippen molar-refractivity contribution in [1.82, 2.24) is 29.7 Å². The Hall–Kier alpha value is -3.85. The van der Waals surface area contributed by atoms with E-state index in [0.29, 0.717) is 24.6 Å². The number of ether oxygens (including phenoxy) is 1. The molecule has 1 aliphatic rings. The van der Waals surface area contributed by atoms with Gasteiger partial charge in [0.15, 0.2) is 5.82 Å². The first-order valence-corrected chi connectivity index (χ1v) is 10.9. The van der Waals surface area contributed by atoms with Crippen molar-refractivity contribution in [3.63, 3.8) is 0 Å². The molecule has 0 unspecified atom stereocenters. The lowest BCUT2D eigenvalue weighted by molar-refractivity contribution is 0.122. The first-order valence-electron chi connectivity index (χ1n) is 10.9. The van der Waals surface area contributed by atoms with Gasteiger partial charge in [-0.25, -0.2) is 9.37 Å². The van der Waals surface area contributed by atoms with E-state index in [4.69, 9.17) is 9.72 Å². The van der Waals surface area contributed by atoms with Crippen molar-refractivity contribution < 1.29 is 9.13 Å². The number of aromatic nitrogens is 6. The molecular formula is C24H22FN7O. The Labute approximate surface area is 189 Å². The fourth-order valence-corrected chi connectivity index (χ4v) is 4.60. The van der Waals surface area contributed by atoms with Crippen molar-refractivity contribution >= 4 is 27.6 Å². The lowest BCUT2D eigenvalue weighted by Gasteiger charge is -2.29. The number of hydrogen-bond donors (Lipinski definition) is 1. The molecule has 0 saturated carbocycles. The van der Waals surface area contributed by atoms with Gasteiger partial charge in [-0.3, -0.25) is 9.55 Å². The third-order valence-corrected chi connectivity index (χ3v) is 6.08. The summed E-state index contributed by atoms with van der Waals surface area (Å²) in [6.07, 6.45) is 1.57. The van der Waals surface area contributed by atoms with Crippen LogP contribution in [0.2, 0.25) is 0 Å². The third kappa shape index (κ3) is 3.32. The number of pyridine rings is 1. The van der Waals surface area contributed by atoms with E-state index in [1.54, 1.807) is 12.4 Å². The lowest BCUT2D eigenvalue weighted by atomic mass is 10.1. The summed E-state index contributed by atoms with van der Waals surface area (Å²) in [6, 6.07) is 11.0. The summed E-state index contributed by atoms with van der Waals surface area (Å²) in [5.74, 6) is 1.18. The summed E-state index contributed by atoms with van der Waals surface area (Å²) in [7, 11) is 0. The number of aryl methyl sites for hydroxylation is 2. The van der Waals surface area contributed by atoms with Crippen LogP contribution in [0.1, 0.15) is 11.5 Å². The van der Waals surface area contributed by atoms with E-state index in [0.717, 1.165) is 58.0 Å². The average molecular weight is 443 g/mol. The van der Waals surface area contributed by atoms with Crippen LogP contribution in [0, 0.1) is 19.7 Å². The number of H-pyrrole nitrogens is 1. The third-order valence-electron chi connectivity index (χ3n) is 6.08. The van der Waals surface area contributed by atoms with Crippen molar-refractivity contribution in [2.45, 2.75) is 13.8 Å². The molecule has 4 heterocycles. The van der Waals surface area contributed by atoms with Crippen LogP contribution in [-0.4, -0.2) is 56.0 Å². The van der Waals surface area contributed by atoms with Gasteiger partial charge in [0, 0.05) is 41.5 Å². The predicted molar refractivity (Wildman–Crippen MR) is 124 cm³/mol. The summed E-state index contributed by atoms with van der Waals surface area (Å²) in [5, 5.41) is 9.10. The van der Waals surface area contributed by atoms with Gasteiger partial charge < -0.3 is 14.6 Å². The molecular weight excluding hydrogens is 421 g/mol.